The Morgan fingerprint density at radius 3 is 2.43 bits per heavy atom. The van der Waals surface area contributed by atoms with Gasteiger partial charge in [-0.25, -0.2) is 0 Å². The van der Waals surface area contributed by atoms with Gasteiger partial charge in [0.2, 0.25) is 6.79 Å². The number of rotatable bonds is 1. The van der Waals surface area contributed by atoms with E-state index < -0.39 is 11.3 Å². The van der Waals surface area contributed by atoms with Crippen LogP contribution in [-0.2, 0) is 0 Å². The van der Waals surface area contributed by atoms with Gasteiger partial charge in [-0.15, -0.1) is 0 Å². The third kappa shape index (κ3) is 2.74. The van der Waals surface area contributed by atoms with Crippen molar-refractivity contribution >= 4 is 0 Å². The Morgan fingerprint density at radius 1 is 1.10 bits per heavy atom. The monoisotopic (exact) mass is 400 g/mol. The summed E-state index contributed by atoms with van der Waals surface area (Å²) in [6.07, 6.45) is 3.71. The zero-order valence-electron chi connectivity index (χ0n) is 17.4. The van der Waals surface area contributed by atoms with E-state index in [1.807, 2.05) is 18.2 Å². The predicted octanol–water partition coefficient (Wildman–Crippen LogP) is 4.28. The fourth-order valence-corrected chi connectivity index (χ4v) is 5.08. The Morgan fingerprint density at radius 2 is 1.80 bits per heavy atom. The van der Waals surface area contributed by atoms with Gasteiger partial charge in [-0.1, -0.05) is 32.9 Å². The highest BCUT2D eigenvalue weighted by Crippen LogP contribution is 2.58. The number of hydrogen-bond acceptors (Lipinski definition) is 6. The number of benzene rings is 1. The molecule has 0 radical (unpaired) electrons. The van der Waals surface area contributed by atoms with E-state index in [0.29, 0.717) is 17.4 Å². The molecule has 0 spiro atoms. The lowest BCUT2D eigenvalue weighted by atomic mass is 9.54. The van der Waals surface area contributed by atoms with Crippen molar-refractivity contribution in [2.24, 2.45) is 28.4 Å². The van der Waals surface area contributed by atoms with Gasteiger partial charge in [0.05, 0.1) is 23.4 Å². The van der Waals surface area contributed by atoms with Gasteiger partial charge in [-0.05, 0) is 53.4 Å². The van der Waals surface area contributed by atoms with Crippen LogP contribution in [0.2, 0.25) is 0 Å². The van der Waals surface area contributed by atoms with Crippen LogP contribution in [0.25, 0.3) is 0 Å². The van der Waals surface area contributed by atoms with Gasteiger partial charge in [-0.3, -0.25) is 0 Å². The average Bonchev–Trinajstić information content (AvgIpc) is 3.20. The number of ether oxygens (including phenoxy) is 2. The van der Waals surface area contributed by atoms with E-state index in [-0.39, 0.29) is 29.4 Å². The highest BCUT2D eigenvalue weighted by atomic mass is 16.7. The molecule has 0 amide bonds. The number of nitrogens with two attached hydrogens (primary N) is 1. The Bertz CT molecular complexity index is 1070. The second-order valence-electron chi connectivity index (χ2n) is 9.32. The third-order valence-electron chi connectivity index (χ3n) is 6.86. The molecule has 1 heterocycles. The SMILES string of the molecule is CC(C)(C)[C@@H]1CC=C2C(C#N)=C(N)C(C#N)(C#N)[C@@H](c3ccc4c(c3)OCO4)[C@@H]2C1. The van der Waals surface area contributed by atoms with Crippen molar-refractivity contribution in [3.05, 3.63) is 46.7 Å². The molecule has 2 aliphatic carbocycles. The van der Waals surface area contributed by atoms with E-state index >= 15 is 0 Å². The van der Waals surface area contributed by atoms with Crippen LogP contribution < -0.4 is 15.2 Å². The molecule has 0 unspecified atom stereocenters. The van der Waals surface area contributed by atoms with E-state index in [4.69, 9.17) is 15.2 Å². The molecular weight excluding hydrogens is 376 g/mol. The summed E-state index contributed by atoms with van der Waals surface area (Å²) in [6, 6.07) is 12.1. The Kier molecular flexibility index (Phi) is 4.52. The van der Waals surface area contributed by atoms with Gasteiger partial charge in [0.25, 0.3) is 0 Å². The average molecular weight is 400 g/mol. The van der Waals surface area contributed by atoms with Crippen LogP contribution in [0.5, 0.6) is 11.5 Å². The number of nitrogens with zero attached hydrogens (tertiary/aromatic N) is 3. The second-order valence-corrected chi connectivity index (χ2v) is 9.32. The summed E-state index contributed by atoms with van der Waals surface area (Å²) < 4.78 is 11.0. The van der Waals surface area contributed by atoms with Crippen molar-refractivity contribution in [2.45, 2.75) is 39.5 Å². The fraction of sp³-hybridized carbons (Fsp3) is 0.458. The molecule has 4 rings (SSSR count). The number of nitriles is 3. The van der Waals surface area contributed by atoms with Gasteiger partial charge in [0.15, 0.2) is 16.9 Å². The van der Waals surface area contributed by atoms with Crippen LogP contribution in [0.15, 0.2) is 41.1 Å². The van der Waals surface area contributed by atoms with Crippen molar-refractivity contribution < 1.29 is 9.47 Å². The topological polar surface area (TPSA) is 116 Å². The molecule has 6 heteroatoms. The maximum atomic E-state index is 10.2. The molecule has 30 heavy (non-hydrogen) atoms. The van der Waals surface area contributed by atoms with Crippen LogP contribution in [0.3, 0.4) is 0 Å². The van der Waals surface area contributed by atoms with Crippen molar-refractivity contribution in [1.29, 1.82) is 15.8 Å². The zero-order valence-corrected chi connectivity index (χ0v) is 17.4. The van der Waals surface area contributed by atoms with Gasteiger partial charge in [0, 0.05) is 5.92 Å². The highest BCUT2D eigenvalue weighted by molar-refractivity contribution is 5.60. The standard InChI is InChI=1S/C24H24N4O2/c1-23(2,3)15-5-6-16-17(9-15)21(14-4-7-19-20(8-14)30-13-29-19)24(11-26,12-27)22(28)18(16)10-25/h4,6-8,15,17,21H,5,9,13,28H2,1-3H3/t15-,17-,21+/m1/s1. The number of fused-ring (bicyclic) bond motifs is 2. The van der Waals surface area contributed by atoms with E-state index in [1.165, 1.54) is 0 Å². The Labute approximate surface area is 176 Å². The van der Waals surface area contributed by atoms with Crippen LogP contribution >= 0.6 is 0 Å². The number of hydrogen-bond donors (Lipinski definition) is 1. The summed E-state index contributed by atoms with van der Waals surface area (Å²) >= 11 is 0. The first-order chi connectivity index (χ1) is 14.3. The van der Waals surface area contributed by atoms with Crippen LogP contribution in [-0.4, -0.2) is 6.79 Å². The van der Waals surface area contributed by atoms with E-state index in [9.17, 15) is 15.8 Å². The predicted molar refractivity (Wildman–Crippen MR) is 110 cm³/mol. The Balaban J connectivity index is 1.95. The van der Waals surface area contributed by atoms with Crippen LogP contribution in [0, 0.1) is 56.7 Å². The van der Waals surface area contributed by atoms with Crippen molar-refractivity contribution in [1.82, 2.24) is 0 Å². The molecule has 0 fully saturated rings. The summed E-state index contributed by atoms with van der Waals surface area (Å²) in [4.78, 5) is 0. The minimum atomic E-state index is -1.62. The van der Waals surface area contributed by atoms with Gasteiger partial charge in [0.1, 0.15) is 6.07 Å². The molecule has 152 valence electrons. The van der Waals surface area contributed by atoms with Crippen molar-refractivity contribution in [3.63, 3.8) is 0 Å². The lowest BCUT2D eigenvalue weighted by Crippen LogP contribution is -2.44. The molecule has 0 aromatic heterocycles. The quantitative estimate of drug-likeness (QED) is 0.752. The van der Waals surface area contributed by atoms with Gasteiger partial charge < -0.3 is 15.2 Å². The fourth-order valence-electron chi connectivity index (χ4n) is 5.08. The molecular formula is C24H24N4O2. The first-order valence-corrected chi connectivity index (χ1v) is 10.1. The summed E-state index contributed by atoms with van der Waals surface area (Å²) in [5, 5.41) is 30.2. The molecule has 3 atom stereocenters. The van der Waals surface area contributed by atoms with E-state index in [2.05, 4.69) is 45.1 Å². The molecule has 0 saturated heterocycles. The molecule has 2 N–H and O–H groups in total. The van der Waals surface area contributed by atoms with Crippen LogP contribution in [0.4, 0.5) is 0 Å². The molecule has 1 aromatic rings. The summed E-state index contributed by atoms with van der Waals surface area (Å²) in [6.45, 7) is 6.75. The highest BCUT2D eigenvalue weighted by Gasteiger charge is 2.55. The lowest BCUT2D eigenvalue weighted by Gasteiger charge is -2.47. The molecule has 0 saturated carbocycles. The molecule has 1 aromatic carbocycles. The normalized spacial score (nSPS) is 26.7. The van der Waals surface area contributed by atoms with Gasteiger partial charge in [-0.2, -0.15) is 15.8 Å². The molecule has 3 aliphatic rings. The largest absolute Gasteiger partial charge is 0.454 e. The minimum Gasteiger partial charge on any atom is -0.454 e. The Hall–Kier alpha value is -3.43. The van der Waals surface area contributed by atoms with Crippen molar-refractivity contribution in [2.75, 3.05) is 6.79 Å². The zero-order chi connectivity index (χ0) is 21.7. The first-order valence-electron chi connectivity index (χ1n) is 10.1. The first kappa shape index (κ1) is 19.9. The maximum Gasteiger partial charge on any atom is 0.231 e. The smallest absolute Gasteiger partial charge is 0.231 e. The lowest BCUT2D eigenvalue weighted by molar-refractivity contribution is 0.169. The summed E-state index contributed by atoms with van der Waals surface area (Å²) in [7, 11) is 0. The van der Waals surface area contributed by atoms with Crippen LogP contribution in [0.1, 0.15) is 45.1 Å². The molecule has 6 nitrogen and oxygen atoms in total. The summed E-state index contributed by atoms with van der Waals surface area (Å²) in [5.74, 6) is 0.930. The van der Waals surface area contributed by atoms with E-state index in [0.717, 1.165) is 24.0 Å². The third-order valence-corrected chi connectivity index (χ3v) is 6.86. The van der Waals surface area contributed by atoms with Crippen molar-refractivity contribution in [3.8, 4) is 29.7 Å². The number of allylic oxidation sites excluding steroid dienone is 4. The maximum absolute atomic E-state index is 10.2. The second kappa shape index (κ2) is 6.82. The van der Waals surface area contributed by atoms with E-state index in [1.54, 1.807) is 0 Å². The van der Waals surface area contributed by atoms with Gasteiger partial charge >= 0.3 is 0 Å². The summed E-state index contributed by atoms with van der Waals surface area (Å²) in [5.41, 5.74) is 6.80. The molecule has 0 bridgehead atoms. The molecule has 1 aliphatic heterocycles. The minimum absolute atomic E-state index is 0.0503.